The Morgan fingerprint density at radius 3 is 2.37 bits per heavy atom. The molecule has 10 heteroatoms. The van der Waals surface area contributed by atoms with E-state index in [4.69, 9.17) is 4.98 Å². The van der Waals surface area contributed by atoms with E-state index < -0.39 is 15.7 Å². The number of carbonyl (C=O) groups is 1. The van der Waals surface area contributed by atoms with Gasteiger partial charge >= 0.3 is 0 Å². The fourth-order valence-electron chi connectivity index (χ4n) is 6.09. The lowest BCUT2D eigenvalue weighted by molar-refractivity contribution is -0.127. The molecule has 3 aliphatic rings. The summed E-state index contributed by atoms with van der Waals surface area (Å²) >= 11 is 1.58. The summed E-state index contributed by atoms with van der Waals surface area (Å²) in [6.07, 6.45) is 5.03. The Labute approximate surface area is 245 Å². The molecule has 1 aromatic heterocycles. The number of halogens is 1. The fraction of sp³-hybridized carbons (Fsp3) is 0.452. The van der Waals surface area contributed by atoms with Crippen LogP contribution in [0.2, 0.25) is 0 Å². The average Bonchev–Trinajstić information content (AvgIpc) is 3.64. The molecule has 0 radical (unpaired) electrons. The summed E-state index contributed by atoms with van der Waals surface area (Å²) in [6, 6.07) is 17.1. The molecule has 0 spiro atoms. The summed E-state index contributed by atoms with van der Waals surface area (Å²) in [5.41, 5.74) is 3.20. The van der Waals surface area contributed by atoms with Gasteiger partial charge < -0.3 is 10.2 Å². The number of thiazole rings is 1. The van der Waals surface area contributed by atoms with Gasteiger partial charge in [-0.25, -0.2) is 9.37 Å². The summed E-state index contributed by atoms with van der Waals surface area (Å²) in [6.45, 7) is 1.50. The Morgan fingerprint density at radius 2 is 1.73 bits per heavy atom. The molecule has 1 saturated heterocycles. The third-order valence-electron chi connectivity index (χ3n) is 8.89. The van der Waals surface area contributed by atoms with E-state index in [0.717, 1.165) is 71.2 Å². The van der Waals surface area contributed by atoms with E-state index in [9.17, 15) is 18.7 Å². The molecule has 2 saturated carbocycles. The Hall–Kier alpha value is -3.13. The largest absolute Gasteiger partial charge is 0.370 e. The smallest absolute Gasteiger partial charge is 0.225 e. The Morgan fingerprint density at radius 1 is 1.07 bits per heavy atom. The topological polar surface area (TPSA) is 98.1 Å². The van der Waals surface area contributed by atoms with Gasteiger partial charge in [-0.05, 0) is 74.7 Å². The predicted octanol–water partition coefficient (Wildman–Crippen LogP) is 5.03. The molecule has 3 fully saturated rings. The molecular weight excluding hydrogens is 558 g/mol. The second-order valence-electron chi connectivity index (χ2n) is 11.5. The first-order valence-corrected chi connectivity index (χ1v) is 17.3. The summed E-state index contributed by atoms with van der Waals surface area (Å²) in [4.78, 5) is 21.9. The number of amides is 1. The SMILES string of the molecule is CN[SH]1(=O)CCN(c2ccc(-c3sc(-c4ccc(F)cc4)nc3[C@@H]3CCCC[C@H]3C(=O)NC3(C#N)CC3)cc2)CC1. The number of anilines is 1. The van der Waals surface area contributed by atoms with Crippen LogP contribution in [0.3, 0.4) is 0 Å². The Balaban J connectivity index is 1.33. The lowest BCUT2D eigenvalue weighted by atomic mass is 9.76. The minimum atomic E-state index is -2.26. The van der Waals surface area contributed by atoms with Crippen molar-refractivity contribution in [3.63, 3.8) is 0 Å². The van der Waals surface area contributed by atoms with Gasteiger partial charge in [-0.2, -0.15) is 5.26 Å². The van der Waals surface area contributed by atoms with E-state index in [1.807, 2.05) is 0 Å². The third-order valence-corrected chi connectivity index (χ3v) is 12.7. The summed E-state index contributed by atoms with van der Waals surface area (Å²) < 4.78 is 29.4. The number of hydrogen-bond donors (Lipinski definition) is 3. The van der Waals surface area contributed by atoms with E-state index in [0.29, 0.717) is 24.3 Å². The van der Waals surface area contributed by atoms with Crippen molar-refractivity contribution in [2.24, 2.45) is 5.92 Å². The van der Waals surface area contributed by atoms with Crippen LogP contribution in [0, 0.1) is 23.1 Å². The number of hydrogen-bond acceptors (Lipinski definition) is 6. The Bertz CT molecular complexity index is 1500. The van der Waals surface area contributed by atoms with E-state index in [2.05, 4.69) is 45.3 Å². The van der Waals surface area contributed by atoms with Crippen LogP contribution < -0.4 is 14.9 Å². The lowest BCUT2D eigenvalue weighted by Gasteiger charge is -2.36. The molecule has 2 atom stereocenters. The van der Waals surface area contributed by atoms with Gasteiger partial charge in [0.05, 0.1) is 16.6 Å². The number of nitrogens with one attached hydrogen (secondary N) is 2. The normalized spacial score (nSPS) is 23.8. The van der Waals surface area contributed by atoms with Gasteiger partial charge in [0.15, 0.2) is 0 Å². The summed E-state index contributed by atoms with van der Waals surface area (Å²) in [5, 5.41) is 13.4. The first-order valence-electron chi connectivity index (χ1n) is 14.4. The van der Waals surface area contributed by atoms with Gasteiger partial charge in [0, 0.05) is 47.7 Å². The van der Waals surface area contributed by atoms with Gasteiger partial charge in [0.2, 0.25) is 5.91 Å². The van der Waals surface area contributed by atoms with Crippen molar-refractivity contribution in [3.8, 4) is 27.1 Å². The van der Waals surface area contributed by atoms with Crippen molar-refractivity contribution in [3.05, 3.63) is 60.0 Å². The number of nitriles is 1. The highest BCUT2D eigenvalue weighted by Gasteiger charge is 2.47. The number of carbonyl (C=O) groups excluding carboxylic acids is 1. The highest BCUT2D eigenvalue weighted by atomic mass is 32.3. The van der Waals surface area contributed by atoms with Gasteiger partial charge in [0.25, 0.3) is 0 Å². The minimum absolute atomic E-state index is 0.0460. The van der Waals surface area contributed by atoms with Crippen LogP contribution in [-0.2, 0) is 14.9 Å². The number of benzene rings is 2. The summed E-state index contributed by atoms with van der Waals surface area (Å²) in [7, 11) is -0.476. The van der Waals surface area contributed by atoms with Gasteiger partial charge in [-0.1, -0.05) is 35.1 Å². The van der Waals surface area contributed by atoms with E-state index in [1.165, 1.54) is 12.1 Å². The lowest BCUT2D eigenvalue weighted by Crippen LogP contribution is -2.49. The third kappa shape index (κ3) is 5.81. The van der Waals surface area contributed by atoms with Crippen LogP contribution in [0.1, 0.15) is 50.1 Å². The van der Waals surface area contributed by atoms with Crippen LogP contribution >= 0.6 is 11.3 Å². The molecule has 0 unspecified atom stereocenters. The number of aromatic nitrogens is 1. The van der Waals surface area contributed by atoms with Crippen LogP contribution in [0.15, 0.2) is 48.5 Å². The molecule has 1 aliphatic heterocycles. The molecule has 0 bridgehead atoms. The molecule has 2 aliphatic carbocycles. The molecule has 1 amide bonds. The zero-order chi connectivity index (χ0) is 28.6. The maximum absolute atomic E-state index is 13.7. The first kappa shape index (κ1) is 28.0. The first-order chi connectivity index (χ1) is 19.8. The van der Waals surface area contributed by atoms with Crippen molar-refractivity contribution < 1.29 is 13.4 Å². The molecule has 3 aromatic rings. The van der Waals surface area contributed by atoms with Crippen molar-refractivity contribution >= 4 is 33.1 Å². The maximum atomic E-state index is 13.7. The molecule has 2 heterocycles. The molecular formula is C31H36FN5O2S2. The average molecular weight is 594 g/mol. The molecule has 2 N–H and O–H groups in total. The molecule has 6 rings (SSSR count). The van der Waals surface area contributed by atoms with Crippen LogP contribution in [-0.4, -0.2) is 52.3 Å². The number of thiol groups is 1. The molecule has 7 nitrogen and oxygen atoms in total. The zero-order valence-corrected chi connectivity index (χ0v) is 24.9. The Kier molecular flexibility index (Phi) is 7.70. The highest BCUT2D eigenvalue weighted by Crippen LogP contribution is 2.46. The van der Waals surface area contributed by atoms with Crippen molar-refractivity contribution in [1.82, 2.24) is 15.0 Å². The van der Waals surface area contributed by atoms with Crippen LogP contribution in [0.4, 0.5) is 10.1 Å². The predicted molar refractivity (Wildman–Crippen MR) is 164 cm³/mol. The highest BCUT2D eigenvalue weighted by molar-refractivity contribution is 8.01. The maximum Gasteiger partial charge on any atom is 0.225 e. The number of nitrogens with zero attached hydrogens (tertiary/aromatic N) is 3. The van der Waals surface area contributed by atoms with Crippen molar-refractivity contribution in [2.45, 2.75) is 50.0 Å². The second-order valence-corrected chi connectivity index (χ2v) is 15.6. The summed E-state index contributed by atoms with van der Waals surface area (Å²) in [5.74, 6) is 0.673. The van der Waals surface area contributed by atoms with E-state index in [-0.39, 0.29) is 23.6 Å². The van der Waals surface area contributed by atoms with Crippen molar-refractivity contribution in [2.75, 3.05) is 36.5 Å². The monoisotopic (exact) mass is 593 g/mol. The second kappa shape index (κ2) is 11.3. The molecule has 41 heavy (non-hydrogen) atoms. The zero-order valence-electron chi connectivity index (χ0n) is 23.2. The molecule has 216 valence electrons. The van der Waals surface area contributed by atoms with Crippen LogP contribution in [0.25, 0.3) is 21.0 Å². The van der Waals surface area contributed by atoms with Gasteiger partial charge in [0.1, 0.15) is 16.4 Å². The number of rotatable bonds is 7. The fourth-order valence-corrected chi connectivity index (χ4v) is 9.04. The van der Waals surface area contributed by atoms with E-state index >= 15 is 0 Å². The van der Waals surface area contributed by atoms with Gasteiger partial charge in [-0.3, -0.25) is 13.7 Å². The van der Waals surface area contributed by atoms with Gasteiger partial charge in [-0.15, -0.1) is 11.3 Å². The van der Waals surface area contributed by atoms with E-state index in [1.54, 1.807) is 30.5 Å². The standard InChI is InChI=1S/C31H36FN5O2S2/c1-34-41(39)18-16-37(17-19-41)24-12-8-21(9-13-24)28-27(35-30(40-28)22-6-10-23(32)11-7-22)25-4-2-3-5-26(25)29(38)36-31(20-33)14-15-31/h6-13,25-26,41H,2-5,14-19H2,1H3,(H,34,39)(H,36,38)/t25-,26-/m1/s1. The quantitative estimate of drug-likeness (QED) is 0.334. The van der Waals surface area contributed by atoms with Crippen LogP contribution in [0.5, 0.6) is 0 Å². The minimum Gasteiger partial charge on any atom is -0.370 e. The molecule has 2 aromatic carbocycles. The van der Waals surface area contributed by atoms with Crippen molar-refractivity contribution in [1.29, 1.82) is 5.26 Å².